The second kappa shape index (κ2) is 9.29. The minimum absolute atomic E-state index is 0.106. The van der Waals surface area contributed by atoms with Crippen molar-refractivity contribution >= 4 is 22.8 Å². The molecule has 0 aliphatic heterocycles. The first kappa shape index (κ1) is 21.0. The summed E-state index contributed by atoms with van der Waals surface area (Å²) in [7, 11) is 1.83. The van der Waals surface area contributed by atoms with Gasteiger partial charge in [-0.15, -0.1) is 0 Å². The van der Waals surface area contributed by atoms with Gasteiger partial charge in [-0.25, -0.2) is 4.98 Å². The summed E-state index contributed by atoms with van der Waals surface area (Å²) in [5.41, 5.74) is 3.66. The predicted octanol–water partition coefficient (Wildman–Crippen LogP) is 3.37. The number of aromatic nitrogens is 3. The molecule has 7 nitrogen and oxygen atoms in total. The van der Waals surface area contributed by atoms with Gasteiger partial charge in [0.15, 0.2) is 5.65 Å². The maximum absolute atomic E-state index is 13.1. The van der Waals surface area contributed by atoms with Gasteiger partial charge < -0.3 is 10.6 Å². The summed E-state index contributed by atoms with van der Waals surface area (Å²) in [5, 5.41) is 11.1. The molecule has 1 aromatic carbocycles. The molecule has 0 spiro atoms. The third-order valence-electron chi connectivity index (χ3n) is 5.97. The molecule has 0 radical (unpaired) electrons. The highest BCUT2D eigenvalue weighted by molar-refractivity contribution is 6.07. The zero-order chi connectivity index (χ0) is 21.8. The van der Waals surface area contributed by atoms with E-state index in [0.717, 1.165) is 48.0 Å². The molecule has 1 aliphatic carbocycles. The van der Waals surface area contributed by atoms with Crippen LogP contribution >= 0.6 is 0 Å². The zero-order valence-electron chi connectivity index (χ0n) is 18.1. The Hall–Kier alpha value is -3.22. The van der Waals surface area contributed by atoms with Crippen molar-refractivity contribution in [2.45, 2.75) is 39.0 Å². The first-order chi connectivity index (χ1) is 15.0. The molecule has 0 saturated heterocycles. The standard InChI is InChI=1S/C24H29N5O2/c1-16-21-19(24(31)26-14-13-25-23(30)18-11-7-4-8-12-18)15-20(17-9-5-3-6-10-17)27-22(21)29(2)28-16/h3,5-6,9-10,15,18H,4,7-8,11-14H2,1-2H3,(H,25,30)(H,26,31). The van der Waals surface area contributed by atoms with Gasteiger partial charge in [0.05, 0.1) is 22.3 Å². The van der Waals surface area contributed by atoms with Crippen molar-refractivity contribution in [2.75, 3.05) is 13.1 Å². The van der Waals surface area contributed by atoms with Crippen LogP contribution in [0.3, 0.4) is 0 Å². The number of amides is 2. The molecule has 2 amide bonds. The highest BCUT2D eigenvalue weighted by atomic mass is 16.2. The summed E-state index contributed by atoms with van der Waals surface area (Å²) in [4.78, 5) is 30.1. The number of benzene rings is 1. The van der Waals surface area contributed by atoms with E-state index in [1.807, 2.05) is 50.4 Å². The molecule has 162 valence electrons. The van der Waals surface area contributed by atoms with Crippen LogP contribution < -0.4 is 10.6 Å². The lowest BCUT2D eigenvalue weighted by Crippen LogP contribution is -2.38. The predicted molar refractivity (Wildman–Crippen MR) is 121 cm³/mol. The van der Waals surface area contributed by atoms with Crippen molar-refractivity contribution in [1.82, 2.24) is 25.4 Å². The van der Waals surface area contributed by atoms with Crippen LogP contribution in [0.4, 0.5) is 0 Å². The third kappa shape index (κ3) is 4.60. The highest BCUT2D eigenvalue weighted by Gasteiger charge is 2.21. The highest BCUT2D eigenvalue weighted by Crippen LogP contribution is 2.27. The van der Waals surface area contributed by atoms with Gasteiger partial charge in [-0.1, -0.05) is 49.6 Å². The fourth-order valence-corrected chi connectivity index (χ4v) is 4.35. The fourth-order valence-electron chi connectivity index (χ4n) is 4.35. The Labute approximate surface area is 182 Å². The van der Waals surface area contributed by atoms with Gasteiger partial charge in [-0.3, -0.25) is 14.3 Å². The Morgan fingerprint density at radius 1 is 1.06 bits per heavy atom. The SMILES string of the molecule is Cc1nn(C)c2nc(-c3ccccc3)cc(C(=O)NCCNC(=O)C3CCCCC3)c12. The van der Waals surface area contributed by atoms with Crippen molar-refractivity contribution in [2.24, 2.45) is 13.0 Å². The summed E-state index contributed by atoms with van der Waals surface area (Å²) in [6, 6.07) is 11.6. The lowest BCUT2D eigenvalue weighted by Gasteiger charge is -2.20. The molecule has 3 aromatic rings. The van der Waals surface area contributed by atoms with Crippen LogP contribution in [-0.2, 0) is 11.8 Å². The second-order valence-corrected chi connectivity index (χ2v) is 8.21. The van der Waals surface area contributed by atoms with Crippen LogP contribution in [0.5, 0.6) is 0 Å². The van der Waals surface area contributed by atoms with Gasteiger partial charge in [-0.2, -0.15) is 5.10 Å². The van der Waals surface area contributed by atoms with Crippen LogP contribution in [-0.4, -0.2) is 39.7 Å². The maximum atomic E-state index is 13.1. The minimum atomic E-state index is -0.187. The maximum Gasteiger partial charge on any atom is 0.252 e. The van der Waals surface area contributed by atoms with E-state index < -0.39 is 0 Å². The Balaban J connectivity index is 1.48. The molecule has 0 bridgehead atoms. The molecule has 7 heteroatoms. The topological polar surface area (TPSA) is 88.9 Å². The van der Waals surface area contributed by atoms with Gasteiger partial charge in [-0.05, 0) is 25.8 Å². The summed E-state index contributed by atoms with van der Waals surface area (Å²) in [5.74, 6) is 0.0399. The number of carbonyl (C=O) groups is 2. The molecule has 0 unspecified atom stereocenters. The molecule has 1 fully saturated rings. The molecule has 1 aliphatic rings. The molecule has 1 saturated carbocycles. The van der Waals surface area contributed by atoms with Crippen LogP contribution in [0.1, 0.15) is 48.2 Å². The first-order valence-corrected chi connectivity index (χ1v) is 11.0. The molecule has 2 heterocycles. The normalized spacial score (nSPS) is 14.5. The minimum Gasteiger partial charge on any atom is -0.354 e. The summed E-state index contributed by atoms with van der Waals surface area (Å²) < 4.78 is 1.71. The van der Waals surface area contributed by atoms with E-state index in [1.54, 1.807) is 4.68 Å². The Kier molecular flexibility index (Phi) is 6.30. The first-order valence-electron chi connectivity index (χ1n) is 11.0. The molecule has 0 atom stereocenters. The lowest BCUT2D eigenvalue weighted by molar-refractivity contribution is -0.125. The number of fused-ring (bicyclic) bond motifs is 1. The van der Waals surface area contributed by atoms with Crippen LogP contribution in [0.15, 0.2) is 36.4 Å². The van der Waals surface area contributed by atoms with Crippen LogP contribution in [0.2, 0.25) is 0 Å². The number of pyridine rings is 1. The Morgan fingerprint density at radius 3 is 2.52 bits per heavy atom. The van der Waals surface area contributed by atoms with E-state index >= 15 is 0 Å². The number of aryl methyl sites for hydroxylation is 2. The van der Waals surface area contributed by atoms with Gasteiger partial charge >= 0.3 is 0 Å². The van der Waals surface area contributed by atoms with Crippen LogP contribution in [0.25, 0.3) is 22.3 Å². The van der Waals surface area contributed by atoms with Crippen LogP contribution in [0, 0.1) is 12.8 Å². The third-order valence-corrected chi connectivity index (χ3v) is 5.97. The number of hydrogen-bond acceptors (Lipinski definition) is 4. The number of nitrogens with one attached hydrogen (secondary N) is 2. The quantitative estimate of drug-likeness (QED) is 0.600. The molecular weight excluding hydrogens is 390 g/mol. The summed E-state index contributed by atoms with van der Waals surface area (Å²) >= 11 is 0. The number of rotatable bonds is 6. The van der Waals surface area contributed by atoms with E-state index in [1.165, 1.54) is 6.42 Å². The van der Waals surface area contributed by atoms with Crippen molar-refractivity contribution < 1.29 is 9.59 Å². The lowest BCUT2D eigenvalue weighted by atomic mass is 9.89. The summed E-state index contributed by atoms with van der Waals surface area (Å²) in [6.45, 7) is 2.68. The molecule has 2 aromatic heterocycles. The van der Waals surface area contributed by atoms with Gasteiger partial charge in [0.2, 0.25) is 5.91 Å². The van der Waals surface area contributed by atoms with Gasteiger partial charge in [0.25, 0.3) is 5.91 Å². The van der Waals surface area contributed by atoms with Crippen molar-refractivity contribution in [3.8, 4) is 11.3 Å². The zero-order valence-corrected chi connectivity index (χ0v) is 18.1. The largest absolute Gasteiger partial charge is 0.354 e. The van der Waals surface area contributed by atoms with Gasteiger partial charge in [0, 0.05) is 31.6 Å². The number of nitrogens with zero attached hydrogens (tertiary/aromatic N) is 3. The average Bonchev–Trinajstić information content (AvgIpc) is 3.10. The average molecular weight is 420 g/mol. The molecule has 31 heavy (non-hydrogen) atoms. The van der Waals surface area contributed by atoms with Crippen molar-refractivity contribution in [1.29, 1.82) is 0 Å². The van der Waals surface area contributed by atoms with E-state index in [-0.39, 0.29) is 17.7 Å². The smallest absolute Gasteiger partial charge is 0.252 e. The van der Waals surface area contributed by atoms with E-state index in [9.17, 15) is 9.59 Å². The summed E-state index contributed by atoms with van der Waals surface area (Å²) in [6.07, 6.45) is 5.41. The molecular formula is C24H29N5O2. The van der Waals surface area contributed by atoms with E-state index in [0.29, 0.717) is 24.3 Å². The number of hydrogen-bond donors (Lipinski definition) is 2. The van der Waals surface area contributed by atoms with Gasteiger partial charge in [0.1, 0.15) is 0 Å². The Morgan fingerprint density at radius 2 is 1.77 bits per heavy atom. The second-order valence-electron chi connectivity index (χ2n) is 8.21. The fraction of sp³-hybridized carbons (Fsp3) is 0.417. The van der Waals surface area contributed by atoms with E-state index in [2.05, 4.69) is 15.7 Å². The van der Waals surface area contributed by atoms with Crippen molar-refractivity contribution in [3.05, 3.63) is 47.7 Å². The monoisotopic (exact) mass is 419 g/mol. The Bertz CT molecular complexity index is 1080. The molecule has 2 N–H and O–H groups in total. The molecule has 4 rings (SSSR count). The number of carbonyl (C=O) groups excluding carboxylic acids is 2. The van der Waals surface area contributed by atoms with E-state index in [4.69, 9.17) is 4.98 Å². The van der Waals surface area contributed by atoms with Crippen molar-refractivity contribution in [3.63, 3.8) is 0 Å².